The second kappa shape index (κ2) is 8.69. The normalized spacial score (nSPS) is 13.8. The first-order chi connectivity index (χ1) is 15.2. The Bertz CT molecular complexity index is 1150. The Labute approximate surface area is 189 Å². The number of benzene rings is 1. The van der Waals surface area contributed by atoms with Gasteiger partial charge in [0.2, 0.25) is 5.91 Å². The number of pyridine rings is 1. The third-order valence-corrected chi connectivity index (χ3v) is 5.90. The van der Waals surface area contributed by atoms with Gasteiger partial charge in [-0.15, -0.1) is 0 Å². The molecule has 6 nitrogen and oxygen atoms in total. The standard InChI is InChI=1S/C26H30N4O2/c1-17-13-20(21-11-12-27-24(14-21)29-25(32)19-6-7-19)8-5-18(17)9-10-23(31)22-15-30(16-28-22)26(2,3)4/h5,8,11-16,19H,6-7,9-10H2,1-4H3,(H,27,29,32). The minimum Gasteiger partial charge on any atom is -0.331 e. The molecule has 1 N–H and O–H groups in total. The number of amides is 1. The number of carbonyl (C=O) groups is 2. The molecule has 166 valence electrons. The van der Waals surface area contributed by atoms with Crippen molar-refractivity contribution in [1.29, 1.82) is 0 Å². The van der Waals surface area contributed by atoms with Crippen LogP contribution in [0.25, 0.3) is 11.1 Å². The average molecular weight is 431 g/mol. The van der Waals surface area contributed by atoms with Gasteiger partial charge in [-0.1, -0.05) is 18.2 Å². The van der Waals surface area contributed by atoms with Crippen molar-refractivity contribution in [2.75, 3.05) is 5.32 Å². The zero-order valence-corrected chi connectivity index (χ0v) is 19.2. The Morgan fingerprint density at radius 3 is 2.50 bits per heavy atom. The number of rotatable bonds is 7. The summed E-state index contributed by atoms with van der Waals surface area (Å²) in [6.07, 6.45) is 8.31. The third-order valence-electron chi connectivity index (χ3n) is 5.90. The van der Waals surface area contributed by atoms with Gasteiger partial charge < -0.3 is 9.88 Å². The smallest absolute Gasteiger partial charge is 0.228 e. The molecule has 0 aliphatic heterocycles. The quantitative estimate of drug-likeness (QED) is 0.525. The second-order valence-electron chi connectivity index (χ2n) is 9.59. The highest BCUT2D eigenvalue weighted by atomic mass is 16.2. The number of hydrogen-bond donors (Lipinski definition) is 1. The molecule has 3 aromatic rings. The number of ketones is 1. The lowest BCUT2D eigenvalue weighted by molar-refractivity contribution is -0.117. The Morgan fingerprint density at radius 2 is 1.84 bits per heavy atom. The van der Waals surface area contributed by atoms with Crippen molar-refractivity contribution in [3.8, 4) is 11.1 Å². The number of nitrogens with zero attached hydrogens (tertiary/aromatic N) is 3. The van der Waals surface area contributed by atoms with E-state index in [9.17, 15) is 9.59 Å². The summed E-state index contributed by atoms with van der Waals surface area (Å²) in [7, 11) is 0. The maximum Gasteiger partial charge on any atom is 0.228 e. The number of anilines is 1. The van der Waals surface area contributed by atoms with Crippen LogP contribution in [0.3, 0.4) is 0 Å². The van der Waals surface area contributed by atoms with Crippen LogP contribution < -0.4 is 5.32 Å². The first-order valence-corrected chi connectivity index (χ1v) is 11.2. The summed E-state index contributed by atoms with van der Waals surface area (Å²) in [6, 6.07) is 10.1. The van der Waals surface area contributed by atoms with E-state index in [1.54, 1.807) is 12.5 Å². The number of imidazole rings is 1. The van der Waals surface area contributed by atoms with Crippen LogP contribution >= 0.6 is 0 Å². The predicted molar refractivity (Wildman–Crippen MR) is 126 cm³/mol. The summed E-state index contributed by atoms with van der Waals surface area (Å²) in [4.78, 5) is 33.2. The Kier molecular flexibility index (Phi) is 5.96. The zero-order chi connectivity index (χ0) is 22.9. The highest BCUT2D eigenvalue weighted by Crippen LogP contribution is 2.30. The van der Waals surface area contributed by atoms with Gasteiger partial charge in [0.15, 0.2) is 5.78 Å². The molecule has 0 radical (unpaired) electrons. The Balaban J connectivity index is 1.41. The lowest BCUT2D eigenvalue weighted by Gasteiger charge is -2.19. The lowest BCUT2D eigenvalue weighted by atomic mass is 9.97. The first-order valence-electron chi connectivity index (χ1n) is 11.2. The summed E-state index contributed by atoms with van der Waals surface area (Å²) >= 11 is 0. The van der Waals surface area contributed by atoms with Gasteiger partial charge in [0.1, 0.15) is 11.5 Å². The zero-order valence-electron chi connectivity index (χ0n) is 19.2. The van der Waals surface area contributed by atoms with Crippen LogP contribution in [0.5, 0.6) is 0 Å². The lowest BCUT2D eigenvalue weighted by Crippen LogP contribution is -2.19. The van der Waals surface area contributed by atoms with Gasteiger partial charge in [-0.2, -0.15) is 0 Å². The minimum atomic E-state index is -0.0918. The van der Waals surface area contributed by atoms with E-state index in [0.717, 1.165) is 35.1 Å². The van der Waals surface area contributed by atoms with Gasteiger partial charge in [-0.3, -0.25) is 9.59 Å². The van der Waals surface area contributed by atoms with Gasteiger partial charge in [-0.25, -0.2) is 9.97 Å². The summed E-state index contributed by atoms with van der Waals surface area (Å²) in [5, 5.41) is 2.90. The van der Waals surface area contributed by atoms with Crippen molar-refractivity contribution in [2.45, 2.75) is 58.9 Å². The van der Waals surface area contributed by atoms with Crippen LogP contribution in [-0.2, 0) is 16.8 Å². The van der Waals surface area contributed by atoms with Crippen LogP contribution in [0, 0.1) is 12.8 Å². The van der Waals surface area contributed by atoms with Crippen molar-refractivity contribution in [2.24, 2.45) is 5.92 Å². The number of hydrogen-bond acceptors (Lipinski definition) is 4. The molecule has 32 heavy (non-hydrogen) atoms. The van der Waals surface area contributed by atoms with Crippen molar-refractivity contribution in [1.82, 2.24) is 14.5 Å². The Hall–Kier alpha value is -3.28. The molecule has 1 saturated carbocycles. The fraction of sp³-hybridized carbons (Fsp3) is 0.385. The van der Waals surface area contributed by atoms with Gasteiger partial charge >= 0.3 is 0 Å². The van der Waals surface area contributed by atoms with Crippen molar-refractivity contribution in [3.63, 3.8) is 0 Å². The van der Waals surface area contributed by atoms with Crippen LogP contribution in [-0.4, -0.2) is 26.2 Å². The van der Waals surface area contributed by atoms with E-state index in [1.165, 1.54) is 0 Å². The number of Topliss-reactive ketones (excluding diaryl/α,β-unsaturated/α-hetero) is 1. The maximum atomic E-state index is 12.6. The molecule has 1 aliphatic carbocycles. The molecule has 2 aromatic heterocycles. The molecule has 4 rings (SSSR count). The first kappa shape index (κ1) is 21.9. The molecule has 1 fully saturated rings. The van der Waals surface area contributed by atoms with Crippen LogP contribution in [0.4, 0.5) is 5.82 Å². The fourth-order valence-electron chi connectivity index (χ4n) is 3.62. The second-order valence-corrected chi connectivity index (χ2v) is 9.59. The SMILES string of the molecule is Cc1cc(-c2ccnc(NC(=O)C3CC3)c2)ccc1CCC(=O)c1cn(C(C)(C)C)cn1. The van der Waals surface area contributed by atoms with Crippen LogP contribution in [0.2, 0.25) is 0 Å². The highest BCUT2D eigenvalue weighted by molar-refractivity contribution is 5.94. The molecule has 1 amide bonds. The number of aryl methyl sites for hydroxylation is 2. The highest BCUT2D eigenvalue weighted by Gasteiger charge is 2.29. The fourth-order valence-corrected chi connectivity index (χ4v) is 3.62. The van der Waals surface area contributed by atoms with Gasteiger partial charge in [-0.05, 0) is 81.3 Å². The molecular formula is C26H30N4O2. The molecule has 1 aromatic carbocycles. The maximum absolute atomic E-state index is 12.6. The van der Waals surface area contributed by atoms with Gasteiger partial charge in [0.05, 0.1) is 6.33 Å². The topological polar surface area (TPSA) is 76.9 Å². The van der Waals surface area contributed by atoms with Crippen molar-refractivity contribution < 1.29 is 9.59 Å². The van der Waals surface area contributed by atoms with E-state index in [-0.39, 0.29) is 23.1 Å². The molecule has 1 aliphatic rings. The van der Waals surface area contributed by atoms with Gasteiger partial charge in [0.25, 0.3) is 0 Å². The summed E-state index contributed by atoms with van der Waals surface area (Å²) in [5.41, 5.74) is 4.78. The predicted octanol–water partition coefficient (Wildman–Crippen LogP) is 5.17. The van der Waals surface area contributed by atoms with E-state index >= 15 is 0 Å². The van der Waals surface area contributed by atoms with E-state index in [4.69, 9.17) is 0 Å². The molecular weight excluding hydrogens is 400 g/mol. The molecule has 6 heteroatoms. The molecule has 0 unspecified atom stereocenters. The van der Waals surface area contributed by atoms with E-state index in [0.29, 0.717) is 24.4 Å². The van der Waals surface area contributed by atoms with E-state index in [1.807, 2.05) is 22.9 Å². The monoisotopic (exact) mass is 430 g/mol. The number of carbonyl (C=O) groups excluding carboxylic acids is 2. The van der Waals surface area contributed by atoms with Crippen LogP contribution in [0.1, 0.15) is 61.6 Å². The average Bonchev–Trinajstić information content (AvgIpc) is 3.48. The summed E-state index contributed by atoms with van der Waals surface area (Å²) in [5.74, 6) is 0.841. The molecule has 2 heterocycles. The summed E-state index contributed by atoms with van der Waals surface area (Å²) in [6.45, 7) is 8.32. The third kappa shape index (κ3) is 5.13. The molecule has 0 spiro atoms. The number of aromatic nitrogens is 3. The minimum absolute atomic E-state index is 0.0539. The van der Waals surface area contributed by atoms with E-state index < -0.39 is 0 Å². The number of nitrogens with one attached hydrogen (secondary N) is 1. The molecule has 0 atom stereocenters. The Morgan fingerprint density at radius 1 is 1.09 bits per heavy atom. The molecule has 0 saturated heterocycles. The molecule has 0 bridgehead atoms. The van der Waals surface area contributed by atoms with Gasteiger partial charge in [0, 0.05) is 30.3 Å². The largest absolute Gasteiger partial charge is 0.331 e. The van der Waals surface area contributed by atoms with Crippen molar-refractivity contribution >= 4 is 17.5 Å². The summed E-state index contributed by atoms with van der Waals surface area (Å²) < 4.78 is 1.97. The van der Waals surface area contributed by atoms with Crippen molar-refractivity contribution in [3.05, 3.63) is 65.9 Å². The van der Waals surface area contributed by atoms with Crippen LogP contribution in [0.15, 0.2) is 49.1 Å². The van der Waals surface area contributed by atoms with E-state index in [2.05, 4.69) is 61.2 Å².